The molecule has 7 rings (SSSR count). The molecule has 7 aliphatic heterocycles. The van der Waals surface area contributed by atoms with Gasteiger partial charge >= 0.3 is 0 Å². The summed E-state index contributed by atoms with van der Waals surface area (Å²) in [5, 5.41) is 231. The molecule has 7 saturated heterocycles. The van der Waals surface area contributed by atoms with Crippen molar-refractivity contribution in [2.75, 3.05) is 46.2 Å². The Kier molecular flexibility index (Phi) is 24.6. The lowest BCUT2D eigenvalue weighted by Crippen LogP contribution is -2.70. The van der Waals surface area contributed by atoms with Crippen molar-refractivity contribution < 1.29 is 178 Å². The minimum atomic E-state index is -2.34. The second-order valence-electron chi connectivity index (χ2n) is 21.1. The van der Waals surface area contributed by atoms with Gasteiger partial charge < -0.3 is 179 Å². The summed E-state index contributed by atoms with van der Waals surface area (Å²) in [5.74, 6) is -1.61. The Bertz CT molecular complexity index is 2060. The van der Waals surface area contributed by atoms with Gasteiger partial charge in [-0.2, -0.15) is 0 Å². The van der Waals surface area contributed by atoms with E-state index in [1.807, 2.05) is 0 Å². The molecule has 38 nitrogen and oxygen atoms in total. The van der Waals surface area contributed by atoms with E-state index >= 15 is 0 Å². The number of hydrogen-bond donors (Lipinski definition) is 23. The third-order valence-electron chi connectivity index (χ3n) is 15.3. The Labute approximate surface area is 475 Å². The lowest BCUT2D eigenvalue weighted by molar-refractivity contribution is -0.395. The second kappa shape index (κ2) is 29.9. The Morgan fingerprint density at radius 2 is 0.631 bits per heavy atom. The topological polar surface area (TPSA) is 603 Å². The van der Waals surface area contributed by atoms with Gasteiger partial charge in [0, 0.05) is 13.8 Å². The van der Waals surface area contributed by atoms with E-state index in [2.05, 4.69) is 10.6 Å². The zero-order valence-corrected chi connectivity index (χ0v) is 44.7. The summed E-state index contributed by atoms with van der Waals surface area (Å²) in [5.41, 5.74) is 0. The molecule has 0 aromatic rings. The van der Waals surface area contributed by atoms with Crippen LogP contribution in [0.25, 0.3) is 0 Å². The molecule has 0 spiro atoms. The van der Waals surface area contributed by atoms with Crippen molar-refractivity contribution in [3.63, 3.8) is 0 Å². The van der Waals surface area contributed by atoms with Crippen molar-refractivity contribution in [1.29, 1.82) is 0 Å². The summed E-state index contributed by atoms with van der Waals surface area (Å²) in [6, 6.07) is -3.37. The summed E-state index contributed by atoms with van der Waals surface area (Å²) in [6.07, 6.45) is -65.7. The molecule has 2 amide bonds. The Hall–Kier alpha value is -2.42. The summed E-state index contributed by atoms with van der Waals surface area (Å²) in [4.78, 5) is 24.6. The number of nitrogens with one attached hydrogen (secondary N) is 2. The molecule has 0 aromatic carbocycles. The van der Waals surface area contributed by atoms with Gasteiger partial charge in [-0.25, -0.2) is 0 Å². The molecule has 7 heterocycles. The van der Waals surface area contributed by atoms with Gasteiger partial charge in [-0.1, -0.05) is 0 Å². The van der Waals surface area contributed by atoms with Gasteiger partial charge in [0.05, 0.1) is 46.2 Å². The molecule has 7 aliphatic rings. The first-order chi connectivity index (χ1) is 39.7. The van der Waals surface area contributed by atoms with Crippen LogP contribution in [0.4, 0.5) is 0 Å². The minimum Gasteiger partial charge on any atom is -0.394 e. The van der Waals surface area contributed by atoms with Crippen molar-refractivity contribution >= 4 is 11.8 Å². The molecule has 84 heavy (non-hydrogen) atoms. The number of rotatable bonds is 21. The number of aliphatic hydroxyl groups is 21. The van der Waals surface area contributed by atoms with Crippen LogP contribution >= 0.6 is 0 Å². The highest BCUT2D eigenvalue weighted by Gasteiger charge is 2.59. The SMILES string of the molecule is CC(=O)N[C@@H]1[C@@H](O)[C@H](O[C@@H]2O[C@H](CO)[C@@H](O[C@@H]3O[C@H](CO[C@H]4O[C@H](CO)[C@@H](O[C@H]5O[C@H](CO)[C@@H](O)[C@H](O)[C@@H]5O)[C@H](O[C@H]5O[C@H](CO)[C@@H](O)[C@H](O)[C@@H]5O)[C@@H]4O)[C@@H](O)[C@H](O[C@H]4O[C@H](CO)[C@@H](O)[C@H](O)[C@@H]4O)[C@@H]3O)[C@H](O)[C@H]2NC(C)=O)[C@@H](CO)O[C@H]1O. The van der Waals surface area contributed by atoms with Crippen molar-refractivity contribution in [3.8, 4) is 0 Å². The predicted molar refractivity (Wildman–Crippen MR) is 255 cm³/mol. The maximum atomic E-state index is 12.7. The first kappa shape index (κ1) is 69.1. The van der Waals surface area contributed by atoms with Gasteiger partial charge in [0.15, 0.2) is 44.0 Å². The maximum absolute atomic E-state index is 12.7. The molecule has 0 unspecified atom stereocenters. The van der Waals surface area contributed by atoms with Crippen LogP contribution in [0.3, 0.4) is 0 Å². The highest BCUT2D eigenvalue weighted by molar-refractivity contribution is 5.73. The second-order valence-corrected chi connectivity index (χ2v) is 21.1. The van der Waals surface area contributed by atoms with E-state index in [-0.39, 0.29) is 0 Å². The molecule has 0 aromatic heterocycles. The number of carbonyl (C=O) groups excluding carboxylic acids is 2. The number of ether oxygens (including phenoxy) is 13. The molecule has 0 aliphatic carbocycles. The van der Waals surface area contributed by atoms with E-state index in [1.54, 1.807) is 0 Å². The predicted octanol–water partition coefficient (Wildman–Crippen LogP) is -16.0. The number of aliphatic hydroxyl groups excluding tert-OH is 21. The highest BCUT2D eigenvalue weighted by atomic mass is 16.8. The van der Waals surface area contributed by atoms with Crippen molar-refractivity contribution in [1.82, 2.24) is 10.6 Å². The molecule has 38 heteroatoms. The standard InChI is InChI=1S/C46H78N2O36/c1-10(55)47-19-25(61)35(15(6-52)73-40(19)71)80-41-20(48-11(2)56)26(62)36(16(7-53)77-41)81-46-33(69)38(83-44-31(67)28(64)22(58)13(4-50)75-44)24(60)18(79-46)9-72-42-34(70)39(84-45-32(68)29(65)23(59)14(5-51)76-45)37(17(8-54)78-42)82-43-30(66)27(63)21(57)12(3-49)74-43/h12-46,49-54,57-71H,3-9H2,1-2H3,(H,47,55)(H,48,56)/t12-,13-,14-,15-,16-,17-,18-,19-,20-,21-,22-,23-,24-,25-,26-,27+,28+,29+,30+,31+,32+,33+,34+,35-,36-,37-,38+,39-,40-,41+,42+,43-,44-,45-,46+/m1/s1. The van der Waals surface area contributed by atoms with E-state index in [0.717, 1.165) is 13.8 Å². The first-order valence-electron chi connectivity index (χ1n) is 26.6. The lowest BCUT2D eigenvalue weighted by atomic mass is 9.94. The Morgan fingerprint density at radius 1 is 0.310 bits per heavy atom. The van der Waals surface area contributed by atoms with Crippen LogP contribution in [0.2, 0.25) is 0 Å². The lowest BCUT2D eigenvalue weighted by Gasteiger charge is -2.50. The minimum absolute atomic E-state index is 0.738. The van der Waals surface area contributed by atoms with Gasteiger partial charge in [0.2, 0.25) is 11.8 Å². The number of hydrogen-bond acceptors (Lipinski definition) is 36. The number of carbonyl (C=O) groups is 2. The average Bonchev–Trinajstić information content (AvgIpc) is 3.50. The molecule has 0 radical (unpaired) electrons. The fraction of sp³-hybridized carbons (Fsp3) is 0.957. The molecule has 23 N–H and O–H groups in total. The van der Waals surface area contributed by atoms with Crippen LogP contribution in [0.1, 0.15) is 13.8 Å². The zero-order valence-electron chi connectivity index (χ0n) is 44.7. The molecular weight excluding hydrogens is 1160 g/mol. The molecule has 7 fully saturated rings. The fourth-order valence-corrected chi connectivity index (χ4v) is 10.7. The van der Waals surface area contributed by atoms with E-state index in [9.17, 15) is 117 Å². The van der Waals surface area contributed by atoms with E-state index in [1.165, 1.54) is 0 Å². The molecule has 488 valence electrons. The quantitative estimate of drug-likeness (QED) is 0.0507. The molecule has 0 bridgehead atoms. The van der Waals surface area contributed by atoms with Crippen LogP contribution in [0.15, 0.2) is 0 Å². The third kappa shape index (κ3) is 14.7. The van der Waals surface area contributed by atoms with Crippen LogP contribution in [0, 0.1) is 0 Å². The number of amides is 2. The zero-order chi connectivity index (χ0) is 61.9. The van der Waals surface area contributed by atoms with E-state index < -0.39 is 273 Å². The molecule has 0 saturated carbocycles. The normalized spacial score (nSPS) is 50.3. The van der Waals surface area contributed by atoms with Gasteiger partial charge in [0.1, 0.15) is 171 Å². The largest absolute Gasteiger partial charge is 0.394 e. The smallest absolute Gasteiger partial charge is 0.217 e. The van der Waals surface area contributed by atoms with Crippen molar-refractivity contribution in [2.45, 2.75) is 229 Å². The monoisotopic (exact) mass is 1230 g/mol. The molecule has 35 atom stereocenters. The Balaban J connectivity index is 1.18. The summed E-state index contributed by atoms with van der Waals surface area (Å²) >= 11 is 0. The summed E-state index contributed by atoms with van der Waals surface area (Å²) < 4.78 is 74.9. The summed E-state index contributed by atoms with van der Waals surface area (Å²) in [7, 11) is 0. The highest BCUT2D eigenvalue weighted by Crippen LogP contribution is 2.38. The average molecular weight is 1240 g/mol. The van der Waals surface area contributed by atoms with Gasteiger partial charge in [-0.15, -0.1) is 0 Å². The first-order valence-corrected chi connectivity index (χ1v) is 26.6. The van der Waals surface area contributed by atoms with Crippen molar-refractivity contribution in [2.24, 2.45) is 0 Å². The van der Waals surface area contributed by atoms with Crippen LogP contribution in [-0.2, 0) is 71.2 Å². The van der Waals surface area contributed by atoms with Gasteiger partial charge in [-0.05, 0) is 0 Å². The van der Waals surface area contributed by atoms with E-state index in [4.69, 9.17) is 61.6 Å². The van der Waals surface area contributed by atoms with Crippen LogP contribution in [-0.4, -0.2) is 380 Å². The fourth-order valence-electron chi connectivity index (χ4n) is 10.7. The van der Waals surface area contributed by atoms with Crippen molar-refractivity contribution in [3.05, 3.63) is 0 Å². The Morgan fingerprint density at radius 3 is 1.08 bits per heavy atom. The van der Waals surface area contributed by atoms with Crippen LogP contribution < -0.4 is 10.6 Å². The maximum Gasteiger partial charge on any atom is 0.217 e. The van der Waals surface area contributed by atoms with E-state index in [0.29, 0.717) is 0 Å². The van der Waals surface area contributed by atoms with Gasteiger partial charge in [-0.3, -0.25) is 9.59 Å². The van der Waals surface area contributed by atoms with Gasteiger partial charge in [0.25, 0.3) is 0 Å². The third-order valence-corrected chi connectivity index (χ3v) is 15.3. The summed E-state index contributed by atoms with van der Waals surface area (Å²) in [6.45, 7) is -5.07. The molecular formula is C46H78N2O36. The van der Waals surface area contributed by atoms with Crippen LogP contribution in [0.5, 0.6) is 0 Å².